The lowest BCUT2D eigenvalue weighted by atomic mass is 10.2. The number of benzene rings is 1. The van der Waals surface area contributed by atoms with E-state index >= 15 is 0 Å². The van der Waals surface area contributed by atoms with Gasteiger partial charge in [0.2, 0.25) is 0 Å². The van der Waals surface area contributed by atoms with Gasteiger partial charge in [-0.05, 0) is 43.3 Å². The minimum atomic E-state index is -0.958. The molecule has 0 amide bonds. The number of hydrogen-bond donors (Lipinski definition) is 1. The highest BCUT2D eigenvalue weighted by atomic mass is 16.4. The summed E-state index contributed by atoms with van der Waals surface area (Å²) in [6.07, 6.45) is 1.77. The van der Waals surface area contributed by atoms with Gasteiger partial charge >= 0.3 is 5.97 Å². The van der Waals surface area contributed by atoms with Crippen LogP contribution in [0.2, 0.25) is 0 Å². The smallest absolute Gasteiger partial charge is 0.335 e. The Morgan fingerprint density at radius 2 is 2.10 bits per heavy atom. The largest absolute Gasteiger partial charge is 0.478 e. The average Bonchev–Trinajstić information content (AvgIpc) is 3.07. The lowest BCUT2D eigenvalue weighted by Gasteiger charge is -2.02. The molecule has 0 saturated heterocycles. The van der Waals surface area contributed by atoms with Crippen LogP contribution in [0.15, 0.2) is 53.1 Å². The van der Waals surface area contributed by atoms with E-state index in [1.54, 1.807) is 35.1 Å². The molecule has 5 heteroatoms. The molecule has 2 heterocycles. The van der Waals surface area contributed by atoms with Crippen molar-refractivity contribution in [3.8, 4) is 17.1 Å². The molecule has 0 atom stereocenters. The summed E-state index contributed by atoms with van der Waals surface area (Å²) in [5, 5.41) is 13.4. The van der Waals surface area contributed by atoms with Gasteiger partial charge in [0.1, 0.15) is 11.5 Å². The maximum absolute atomic E-state index is 11.0. The van der Waals surface area contributed by atoms with E-state index in [4.69, 9.17) is 9.52 Å². The van der Waals surface area contributed by atoms with Gasteiger partial charge in [-0.2, -0.15) is 5.10 Å². The van der Waals surface area contributed by atoms with Crippen LogP contribution in [0, 0.1) is 6.92 Å². The van der Waals surface area contributed by atoms with Gasteiger partial charge in [-0.15, -0.1) is 0 Å². The van der Waals surface area contributed by atoms with Crippen LogP contribution in [0.4, 0.5) is 0 Å². The van der Waals surface area contributed by atoms with Crippen LogP contribution >= 0.6 is 0 Å². The second kappa shape index (κ2) is 4.70. The minimum Gasteiger partial charge on any atom is -0.478 e. The Balaban J connectivity index is 1.98. The first kappa shape index (κ1) is 12.2. The fraction of sp³-hybridized carbons (Fsp3) is 0.0667. The van der Waals surface area contributed by atoms with Crippen LogP contribution in [0.5, 0.6) is 0 Å². The van der Waals surface area contributed by atoms with Crippen molar-refractivity contribution in [2.45, 2.75) is 6.92 Å². The Morgan fingerprint density at radius 1 is 1.25 bits per heavy atom. The van der Waals surface area contributed by atoms with Crippen LogP contribution in [-0.2, 0) is 0 Å². The molecule has 0 bridgehead atoms. The predicted octanol–water partition coefficient (Wildman–Crippen LogP) is 3.14. The quantitative estimate of drug-likeness (QED) is 0.792. The third-order valence-corrected chi connectivity index (χ3v) is 2.94. The Hall–Kier alpha value is -2.82. The van der Waals surface area contributed by atoms with Gasteiger partial charge in [-0.3, -0.25) is 0 Å². The molecular weight excluding hydrogens is 256 g/mol. The molecule has 0 radical (unpaired) electrons. The number of hydrogen-bond acceptors (Lipinski definition) is 3. The van der Waals surface area contributed by atoms with Gasteiger partial charge in [0.05, 0.1) is 11.3 Å². The molecule has 3 rings (SSSR count). The van der Waals surface area contributed by atoms with Crippen molar-refractivity contribution in [3.05, 3.63) is 60.0 Å². The summed E-state index contributed by atoms with van der Waals surface area (Å²) in [5.74, 6) is 0.555. The van der Waals surface area contributed by atoms with Crippen LogP contribution in [0.25, 0.3) is 17.1 Å². The van der Waals surface area contributed by atoms with E-state index in [0.29, 0.717) is 17.1 Å². The fourth-order valence-electron chi connectivity index (χ4n) is 1.95. The third kappa shape index (κ3) is 2.21. The molecule has 0 aliphatic heterocycles. The molecule has 0 aliphatic carbocycles. The Kier molecular flexibility index (Phi) is 2.87. The van der Waals surface area contributed by atoms with E-state index < -0.39 is 5.97 Å². The number of aromatic nitrogens is 2. The highest BCUT2D eigenvalue weighted by molar-refractivity contribution is 5.88. The highest BCUT2D eigenvalue weighted by Crippen LogP contribution is 2.21. The first-order valence-corrected chi connectivity index (χ1v) is 6.10. The minimum absolute atomic E-state index is 0.230. The Labute approximate surface area is 115 Å². The molecule has 5 nitrogen and oxygen atoms in total. The number of rotatable bonds is 3. The van der Waals surface area contributed by atoms with Crippen molar-refractivity contribution in [2.24, 2.45) is 0 Å². The number of nitrogens with zero attached hydrogens (tertiary/aromatic N) is 2. The molecule has 0 fully saturated rings. The number of carboxylic acid groups (broad SMARTS) is 1. The number of aryl methyl sites for hydroxylation is 1. The fourth-order valence-corrected chi connectivity index (χ4v) is 1.95. The van der Waals surface area contributed by atoms with Crippen LogP contribution in [0.3, 0.4) is 0 Å². The van der Waals surface area contributed by atoms with Crippen molar-refractivity contribution >= 4 is 5.97 Å². The summed E-state index contributed by atoms with van der Waals surface area (Å²) >= 11 is 0. The molecule has 1 N–H and O–H groups in total. The Morgan fingerprint density at radius 3 is 2.80 bits per heavy atom. The van der Waals surface area contributed by atoms with E-state index in [2.05, 4.69) is 5.10 Å². The zero-order chi connectivity index (χ0) is 14.1. The zero-order valence-corrected chi connectivity index (χ0v) is 10.8. The second-order valence-electron chi connectivity index (χ2n) is 4.41. The van der Waals surface area contributed by atoms with E-state index in [0.717, 1.165) is 5.76 Å². The molecule has 2 aromatic heterocycles. The number of furan rings is 1. The summed E-state index contributed by atoms with van der Waals surface area (Å²) in [5.41, 5.74) is 1.63. The number of aromatic carboxylic acids is 1. The number of carboxylic acids is 1. The lowest BCUT2D eigenvalue weighted by Crippen LogP contribution is -2.00. The maximum Gasteiger partial charge on any atom is 0.335 e. The number of carbonyl (C=O) groups is 1. The van der Waals surface area contributed by atoms with E-state index in [9.17, 15) is 4.79 Å². The van der Waals surface area contributed by atoms with Crippen LogP contribution < -0.4 is 0 Å². The summed E-state index contributed by atoms with van der Waals surface area (Å²) in [6, 6.07) is 12.2. The van der Waals surface area contributed by atoms with Crippen LogP contribution in [-0.4, -0.2) is 20.9 Å². The lowest BCUT2D eigenvalue weighted by molar-refractivity contribution is 0.0697. The molecule has 0 aliphatic rings. The monoisotopic (exact) mass is 268 g/mol. The van der Waals surface area contributed by atoms with E-state index in [1.807, 2.05) is 25.1 Å². The predicted molar refractivity (Wildman–Crippen MR) is 73.0 cm³/mol. The summed E-state index contributed by atoms with van der Waals surface area (Å²) in [7, 11) is 0. The maximum atomic E-state index is 11.0. The summed E-state index contributed by atoms with van der Waals surface area (Å²) in [6.45, 7) is 1.87. The third-order valence-electron chi connectivity index (χ3n) is 2.94. The highest BCUT2D eigenvalue weighted by Gasteiger charge is 2.09. The summed E-state index contributed by atoms with van der Waals surface area (Å²) in [4.78, 5) is 11.0. The van der Waals surface area contributed by atoms with Gasteiger partial charge in [-0.25, -0.2) is 9.48 Å². The molecule has 3 aromatic rings. The molecule has 0 saturated carbocycles. The standard InChI is InChI=1S/C15H12N2O3/c1-10-5-6-14(20-10)13-7-8-17(16-13)12-4-2-3-11(9-12)15(18)19/h2-9H,1H3,(H,18,19). The van der Waals surface area contributed by atoms with Crippen molar-refractivity contribution in [1.29, 1.82) is 0 Å². The average molecular weight is 268 g/mol. The molecule has 20 heavy (non-hydrogen) atoms. The van der Waals surface area contributed by atoms with Gasteiger partial charge < -0.3 is 9.52 Å². The van der Waals surface area contributed by atoms with Gasteiger partial charge in [-0.1, -0.05) is 6.07 Å². The van der Waals surface area contributed by atoms with Gasteiger partial charge in [0.15, 0.2) is 5.76 Å². The first-order valence-electron chi connectivity index (χ1n) is 6.10. The normalized spacial score (nSPS) is 10.7. The first-order chi connectivity index (χ1) is 9.63. The van der Waals surface area contributed by atoms with Crippen molar-refractivity contribution < 1.29 is 14.3 Å². The van der Waals surface area contributed by atoms with Crippen molar-refractivity contribution in [3.63, 3.8) is 0 Å². The van der Waals surface area contributed by atoms with Crippen molar-refractivity contribution in [1.82, 2.24) is 9.78 Å². The van der Waals surface area contributed by atoms with Gasteiger partial charge in [0.25, 0.3) is 0 Å². The van der Waals surface area contributed by atoms with E-state index in [1.165, 1.54) is 0 Å². The van der Waals surface area contributed by atoms with Gasteiger partial charge in [0, 0.05) is 6.20 Å². The van der Waals surface area contributed by atoms with E-state index in [-0.39, 0.29) is 5.56 Å². The molecule has 100 valence electrons. The topological polar surface area (TPSA) is 68.3 Å². The summed E-state index contributed by atoms with van der Waals surface area (Å²) < 4.78 is 7.14. The van der Waals surface area contributed by atoms with Crippen molar-refractivity contribution in [2.75, 3.05) is 0 Å². The second-order valence-corrected chi connectivity index (χ2v) is 4.41. The molecule has 1 aromatic carbocycles. The SMILES string of the molecule is Cc1ccc(-c2ccn(-c3cccc(C(=O)O)c3)n2)o1. The molecule has 0 spiro atoms. The zero-order valence-electron chi connectivity index (χ0n) is 10.8. The molecular formula is C15H12N2O3. The Bertz CT molecular complexity index is 771. The van der Waals surface area contributed by atoms with Crippen LogP contribution in [0.1, 0.15) is 16.1 Å². The molecule has 0 unspecified atom stereocenters.